The van der Waals surface area contributed by atoms with Gasteiger partial charge < -0.3 is 60.4 Å². The van der Waals surface area contributed by atoms with Gasteiger partial charge in [0.25, 0.3) is 0 Å². The van der Waals surface area contributed by atoms with E-state index in [1.54, 1.807) is 12.1 Å². The highest BCUT2D eigenvalue weighted by molar-refractivity contribution is 5.96. The number of guanidine groups is 2. The lowest BCUT2D eigenvalue weighted by Crippen LogP contribution is -2.58. The number of primary amides is 1. The van der Waals surface area contributed by atoms with Crippen molar-refractivity contribution in [2.45, 2.75) is 69.6 Å². The molecule has 0 unspecified atom stereocenters. The molecule has 0 radical (unpaired) electrons. The van der Waals surface area contributed by atoms with Gasteiger partial charge in [-0.25, -0.2) is 0 Å². The molecule has 3 rings (SSSR count). The Bertz CT molecular complexity index is 1930. The zero-order valence-corrected chi connectivity index (χ0v) is 31.7. The van der Waals surface area contributed by atoms with Crippen LogP contribution >= 0.6 is 0 Å². The summed E-state index contributed by atoms with van der Waals surface area (Å²) in [5.41, 5.74) is 28.5. The first-order chi connectivity index (χ1) is 27.1. The molecule has 306 valence electrons. The Morgan fingerprint density at radius 1 is 0.596 bits per heavy atom. The van der Waals surface area contributed by atoms with E-state index in [4.69, 9.17) is 28.7 Å². The second-order valence-electron chi connectivity index (χ2n) is 13.3. The van der Waals surface area contributed by atoms with Gasteiger partial charge in [0.05, 0.1) is 6.54 Å². The lowest BCUT2D eigenvalue weighted by Gasteiger charge is -2.26. The second-order valence-corrected chi connectivity index (χ2v) is 13.3. The van der Waals surface area contributed by atoms with Gasteiger partial charge in [-0.05, 0) is 59.7 Å². The summed E-state index contributed by atoms with van der Waals surface area (Å²) in [6.07, 6.45) is 0.518. The molecule has 6 amide bonds. The van der Waals surface area contributed by atoms with Crippen LogP contribution in [0.25, 0.3) is 10.8 Å². The van der Waals surface area contributed by atoms with Crippen LogP contribution in [-0.2, 0) is 41.6 Å². The molecule has 57 heavy (non-hydrogen) atoms. The lowest BCUT2D eigenvalue weighted by atomic mass is 10.0. The molecule has 3 aromatic carbocycles. The molecular weight excluding hydrogens is 736 g/mol. The number of carbonyl (C=O) groups excluding carboxylic acids is 6. The minimum Gasteiger partial charge on any atom is -0.508 e. The highest BCUT2D eigenvalue weighted by Crippen LogP contribution is 2.17. The number of benzene rings is 3. The average Bonchev–Trinajstić information content (AvgIpc) is 3.15. The summed E-state index contributed by atoms with van der Waals surface area (Å²) in [5, 5.41) is 24.7. The first-order valence-electron chi connectivity index (χ1n) is 18.2. The molecule has 4 atom stereocenters. The molecule has 0 aromatic heterocycles. The summed E-state index contributed by atoms with van der Waals surface area (Å²) in [5.74, 6) is -4.52. The molecule has 0 aliphatic carbocycles. The molecule has 0 bridgehead atoms. The topological polar surface area (TPSA) is 338 Å². The minimum atomic E-state index is -1.27. The number of aromatic hydroxyl groups is 1. The first kappa shape index (κ1) is 44.5. The van der Waals surface area contributed by atoms with Gasteiger partial charge in [-0.15, -0.1) is 0 Å². The van der Waals surface area contributed by atoms with E-state index in [1.165, 1.54) is 19.1 Å². The Morgan fingerprint density at radius 3 is 1.60 bits per heavy atom. The normalized spacial score (nSPS) is 12.8. The van der Waals surface area contributed by atoms with Crippen molar-refractivity contribution in [1.29, 1.82) is 0 Å². The van der Waals surface area contributed by atoms with Crippen LogP contribution in [0.15, 0.2) is 76.7 Å². The maximum atomic E-state index is 14.0. The van der Waals surface area contributed by atoms with E-state index in [1.807, 2.05) is 42.5 Å². The van der Waals surface area contributed by atoms with Gasteiger partial charge in [0.15, 0.2) is 11.9 Å². The van der Waals surface area contributed by atoms with Crippen molar-refractivity contribution in [2.24, 2.45) is 38.7 Å². The van der Waals surface area contributed by atoms with Gasteiger partial charge in [0, 0.05) is 32.9 Å². The van der Waals surface area contributed by atoms with E-state index in [0.717, 1.165) is 10.8 Å². The number of aliphatic imine (C=N–C) groups is 2. The number of carbonyl (C=O) groups is 6. The maximum Gasteiger partial charge on any atom is 0.243 e. The number of nitrogens with zero attached hydrogens (tertiary/aromatic N) is 2. The van der Waals surface area contributed by atoms with Crippen molar-refractivity contribution in [3.63, 3.8) is 0 Å². The lowest BCUT2D eigenvalue weighted by molar-refractivity contribution is -0.134. The van der Waals surface area contributed by atoms with Crippen LogP contribution < -0.4 is 55.3 Å². The van der Waals surface area contributed by atoms with E-state index in [0.29, 0.717) is 11.1 Å². The van der Waals surface area contributed by atoms with Crippen molar-refractivity contribution >= 4 is 58.1 Å². The summed E-state index contributed by atoms with van der Waals surface area (Å²) >= 11 is 0. The minimum absolute atomic E-state index is 0.00396. The maximum absolute atomic E-state index is 14.0. The zero-order chi connectivity index (χ0) is 41.9. The quantitative estimate of drug-likeness (QED) is 0.0300. The largest absolute Gasteiger partial charge is 0.508 e. The molecule has 19 nitrogen and oxygen atoms in total. The standard InChI is InChI=1S/C38H52N12O7/c1-22(51)47-31(19-23-11-14-27(52)15-12-23)36(57)49-28(8-4-16-44-37(40)41)34(55)48-29(9-5-17-45-38(42)43)35(56)50-30(33(54)46-21-32(39)53)20-24-10-13-25-6-2-3-7-26(25)18-24/h2-3,6-7,10-15,18,28-31,52H,4-5,8-9,16-17,19-21H2,1H3,(H2,39,53)(H,46,54)(H,47,51)(H,48,55)(H,49,57)(H,50,56)(H4,40,41,44)(H4,42,43,45)/t28-,29+,30+,31-/m1/s1. The number of amides is 6. The van der Waals surface area contributed by atoms with Crippen LogP contribution in [0, 0.1) is 0 Å². The fourth-order valence-electron chi connectivity index (χ4n) is 5.79. The third kappa shape index (κ3) is 16.1. The summed E-state index contributed by atoms with van der Waals surface area (Å²) in [6.45, 7) is 0.985. The summed E-state index contributed by atoms with van der Waals surface area (Å²) in [4.78, 5) is 86.6. The van der Waals surface area contributed by atoms with Gasteiger partial charge in [0.1, 0.15) is 29.9 Å². The summed E-state index contributed by atoms with van der Waals surface area (Å²) in [6, 6.07) is 14.4. The Hall–Kier alpha value is -6.92. The number of hydrogen-bond acceptors (Lipinski definition) is 9. The van der Waals surface area contributed by atoms with Gasteiger partial charge in [0.2, 0.25) is 35.4 Å². The number of nitrogens with two attached hydrogens (primary N) is 5. The van der Waals surface area contributed by atoms with Crippen molar-refractivity contribution in [1.82, 2.24) is 26.6 Å². The van der Waals surface area contributed by atoms with Crippen LogP contribution in [0.4, 0.5) is 0 Å². The second kappa shape index (κ2) is 22.5. The van der Waals surface area contributed by atoms with Crippen LogP contribution in [0.1, 0.15) is 43.7 Å². The molecule has 0 heterocycles. The fourth-order valence-corrected chi connectivity index (χ4v) is 5.79. The van der Waals surface area contributed by atoms with Crippen molar-refractivity contribution in [3.8, 4) is 5.75 Å². The monoisotopic (exact) mass is 788 g/mol. The van der Waals surface area contributed by atoms with Crippen LogP contribution in [-0.4, -0.2) is 96.3 Å². The van der Waals surface area contributed by atoms with Crippen molar-refractivity contribution in [3.05, 3.63) is 77.9 Å². The van der Waals surface area contributed by atoms with E-state index in [2.05, 4.69) is 36.6 Å². The van der Waals surface area contributed by atoms with E-state index < -0.39 is 66.2 Å². The predicted molar refractivity (Wildman–Crippen MR) is 215 cm³/mol. The van der Waals surface area contributed by atoms with Gasteiger partial charge in [-0.1, -0.05) is 54.6 Å². The molecule has 3 aromatic rings. The van der Waals surface area contributed by atoms with Crippen LogP contribution in [0.3, 0.4) is 0 Å². The van der Waals surface area contributed by atoms with Gasteiger partial charge in [-0.2, -0.15) is 0 Å². The van der Waals surface area contributed by atoms with Crippen molar-refractivity contribution in [2.75, 3.05) is 19.6 Å². The van der Waals surface area contributed by atoms with Crippen LogP contribution in [0.5, 0.6) is 5.75 Å². The van der Waals surface area contributed by atoms with E-state index in [9.17, 15) is 33.9 Å². The fraction of sp³-hybridized carbons (Fsp3) is 0.368. The third-order valence-electron chi connectivity index (χ3n) is 8.55. The first-order valence-corrected chi connectivity index (χ1v) is 18.2. The zero-order valence-electron chi connectivity index (χ0n) is 31.7. The van der Waals surface area contributed by atoms with E-state index >= 15 is 0 Å². The average molecular weight is 789 g/mol. The highest BCUT2D eigenvalue weighted by atomic mass is 16.3. The van der Waals surface area contributed by atoms with Gasteiger partial charge >= 0.3 is 0 Å². The molecule has 0 saturated carbocycles. The number of phenols is 1. The Kier molecular flexibility index (Phi) is 17.5. The Labute approximate surface area is 329 Å². The Balaban J connectivity index is 1.90. The number of rotatable bonds is 22. The highest BCUT2D eigenvalue weighted by Gasteiger charge is 2.31. The summed E-state index contributed by atoms with van der Waals surface area (Å²) < 4.78 is 0. The molecule has 0 fully saturated rings. The number of nitrogens with one attached hydrogen (secondary N) is 5. The predicted octanol–water partition coefficient (Wildman–Crippen LogP) is -2.00. The molecule has 16 N–H and O–H groups in total. The van der Waals surface area contributed by atoms with Crippen molar-refractivity contribution < 1.29 is 33.9 Å². The molecule has 0 aliphatic heterocycles. The van der Waals surface area contributed by atoms with Crippen LogP contribution in [0.2, 0.25) is 0 Å². The SMILES string of the molecule is CC(=O)N[C@H](Cc1ccc(O)cc1)C(=O)N[C@H](CCCN=C(N)N)C(=O)N[C@@H](CCCN=C(N)N)C(=O)N[C@@H](Cc1ccc2ccccc2c1)C(=O)NCC(N)=O. The number of fused-ring (bicyclic) bond motifs is 1. The molecule has 0 spiro atoms. The summed E-state index contributed by atoms with van der Waals surface area (Å²) in [7, 11) is 0. The molecule has 19 heteroatoms. The number of hydrogen-bond donors (Lipinski definition) is 11. The smallest absolute Gasteiger partial charge is 0.243 e. The molecule has 0 aliphatic rings. The molecular formula is C38H52N12O7. The van der Waals surface area contributed by atoms with E-state index in [-0.39, 0.29) is 69.3 Å². The number of phenolic OH excluding ortho intramolecular Hbond substituents is 1. The van der Waals surface area contributed by atoms with Gasteiger partial charge in [-0.3, -0.25) is 38.8 Å². The third-order valence-corrected chi connectivity index (χ3v) is 8.55. The Morgan fingerprint density at radius 2 is 1.07 bits per heavy atom. The molecule has 0 saturated heterocycles.